The molecule has 1 aromatic rings. The monoisotopic (exact) mass is 300 g/mol. The van der Waals surface area contributed by atoms with Gasteiger partial charge in [0.1, 0.15) is 0 Å². The van der Waals surface area contributed by atoms with E-state index in [9.17, 15) is 9.90 Å². The van der Waals surface area contributed by atoms with Gasteiger partial charge < -0.3 is 15.3 Å². The van der Waals surface area contributed by atoms with Crippen LogP contribution in [0.2, 0.25) is 0 Å². The van der Waals surface area contributed by atoms with Crippen LogP contribution in [0.5, 0.6) is 0 Å². The standard InChI is InChI=1S/C18H24N2O2/c1-20-10-9-14-11-15(7-8-16(14)20)17(21)12-19-18(22)13-5-3-2-4-6-13/h2-3,7-8,11,13,17,21H,4-6,9-10,12H2,1H3,(H,19,22). The number of nitrogens with zero attached hydrogens (tertiary/aromatic N) is 1. The smallest absolute Gasteiger partial charge is 0.223 e. The average Bonchev–Trinajstić information content (AvgIpc) is 2.93. The van der Waals surface area contributed by atoms with Gasteiger partial charge in [0.2, 0.25) is 5.91 Å². The molecular weight excluding hydrogens is 276 g/mol. The number of hydrogen-bond acceptors (Lipinski definition) is 3. The Morgan fingerprint density at radius 2 is 2.32 bits per heavy atom. The van der Waals surface area contributed by atoms with Gasteiger partial charge in [0.05, 0.1) is 6.10 Å². The molecule has 1 amide bonds. The summed E-state index contributed by atoms with van der Waals surface area (Å²) in [6.45, 7) is 1.31. The second kappa shape index (κ2) is 6.53. The zero-order valence-corrected chi connectivity index (χ0v) is 13.1. The van der Waals surface area contributed by atoms with Crippen molar-refractivity contribution in [1.82, 2.24) is 5.32 Å². The molecule has 0 radical (unpaired) electrons. The molecule has 22 heavy (non-hydrogen) atoms. The second-order valence-electron chi connectivity index (χ2n) is 6.30. The highest BCUT2D eigenvalue weighted by molar-refractivity contribution is 5.79. The van der Waals surface area contributed by atoms with Gasteiger partial charge >= 0.3 is 0 Å². The van der Waals surface area contributed by atoms with E-state index in [0.717, 1.165) is 37.8 Å². The van der Waals surface area contributed by atoms with Gasteiger partial charge in [-0.3, -0.25) is 4.79 Å². The van der Waals surface area contributed by atoms with Crippen molar-refractivity contribution in [3.8, 4) is 0 Å². The minimum atomic E-state index is -0.640. The maximum atomic E-state index is 12.1. The first-order valence-electron chi connectivity index (χ1n) is 8.10. The Bertz CT molecular complexity index is 582. The molecule has 1 aromatic carbocycles. The van der Waals surface area contributed by atoms with Crippen LogP contribution in [0.3, 0.4) is 0 Å². The molecular formula is C18H24N2O2. The predicted molar refractivity (Wildman–Crippen MR) is 87.9 cm³/mol. The zero-order valence-electron chi connectivity index (χ0n) is 13.1. The number of likely N-dealkylation sites (N-methyl/N-ethyl adjacent to an activating group) is 1. The number of aliphatic hydroxyl groups excluding tert-OH is 1. The van der Waals surface area contributed by atoms with Gasteiger partial charge in [-0.1, -0.05) is 24.3 Å². The number of rotatable bonds is 4. The molecule has 1 aliphatic carbocycles. The molecule has 2 unspecified atom stereocenters. The van der Waals surface area contributed by atoms with Crippen molar-refractivity contribution in [2.45, 2.75) is 31.8 Å². The number of carbonyl (C=O) groups is 1. The van der Waals surface area contributed by atoms with Crippen molar-refractivity contribution in [1.29, 1.82) is 0 Å². The molecule has 2 N–H and O–H groups in total. The molecule has 0 bridgehead atoms. The van der Waals surface area contributed by atoms with Crippen LogP contribution in [0, 0.1) is 5.92 Å². The number of hydrogen-bond donors (Lipinski definition) is 2. The Labute approximate surface area is 131 Å². The third-order valence-electron chi connectivity index (χ3n) is 4.73. The third kappa shape index (κ3) is 3.17. The van der Waals surface area contributed by atoms with Crippen molar-refractivity contribution in [2.24, 2.45) is 5.92 Å². The summed E-state index contributed by atoms with van der Waals surface area (Å²) in [6, 6.07) is 6.09. The first-order valence-corrected chi connectivity index (χ1v) is 8.10. The fourth-order valence-electron chi connectivity index (χ4n) is 3.29. The van der Waals surface area contributed by atoms with Gasteiger partial charge in [-0.25, -0.2) is 0 Å². The lowest BCUT2D eigenvalue weighted by Gasteiger charge is -2.19. The highest BCUT2D eigenvalue weighted by Crippen LogP contribution is 2.29. The van der Waals surface area contributed by atoms with Crippen molar-refractivity contribution in [3.63, 3.8) is 0 Å². The Balaban J connectivity index is 1.57. The van der Waals surface area contributed by atoms with Gasteiger partial charge in [0, 0.05) is 31.7 Å². The van der Waals surface area contributed by atoms with Crippen molar-refractivity contribution < 1.29 is 9.90 Å². The number of fused-ring (bicyclic) bond motifs is 1. The number of carbonyl (C=O) groups excluding carboxylic acids is 1. The van der Waals surface area contributed by atoms with Crippen LogP contribution in [0.1, 0.15) is 36.5 Å². The average molecular weight is 300 g/mol. The van der Waals surface area contributed by atoms with Crippen LogP contribution in [-0.4, -0.2) is 31.2 Å². The van der Waals surface area contributed by atoms with Crippen LogP contribution in [0.15, 0.2) is 30.4 Å². The number of anilines is 1. The summed E-state index contributed by atoms with van der Waals surface area (Å²) in [5.74, 6) is 0.121. The summed E-state index contributed by atoms with van der Waals surface area (Å²) < 4.78 is 0. The lowest BCUT2D eigenvalue weighted by Crippen LogP contribution is -2.34. The van der Waals surface area contributed by atoms with Crippen LogP contribution in [-0.2, 0) is 11.2 Å². The van der Waals surface area contributed by atoms with Crippen molar-refractivity contribution in [2.75, 3.05) is 25.0 Å². The molecule has 3 rings (SSSR count). The maximum Gasteiger partial charge on any atom is 0.223 e. The molecule has 2 aliphatic rings. The van der Waals surface area contributed by atoms with E-state index in [4.69, 9.17) is 0 Å². The van der Waals surface area contributed by atoms with Gasteiger partial charge in [-0.15, -0.1) is 0 Å². The molecule has 1 aliphatic heterocycles. The first-order chi connectivity index (χ1) is 10.6. The molecule has 4 nitrogen and oxygen atoms in total. The van der Waals surface area contributed by atoms with Crippen LogP contribution < -0.4 is 10.2 Å². The molecule has 4 heteroatoms. The summed E-state index contributed by atoms with van der Waals surface area (Å²) >= 11 is 0. The van der Waals surface area contributed by atoms with E-state index in [1.807, 2.05) is 6.07 Å². The van der Waals surface area contributed by atoms with E-state index in [-0.39, 0.29) is 18.4 Å². The number of allylic oxidation sites excluding steroid dienone is 2. The SMILES string of the molecule is CN1CCc2cc(C(O)CNC(=O)C3CC=CCC3)ccc21. The van der Waals surface area contributed by atoms with Gasteiger partial charge in [-0.05, 0) is 42.9 Å². The minimum absolute atomic E-state index is 0.0595. The van der Waals surface area contributed by atoms with E-state index in [1.54, 1.807) is 0 Å². The van der Waals surface area contributed by atoms with E-state index >= 15 is 0 Å². The van der Waals surface area contributed by atoms with Crippen LogP contribution in [0.4, 0.5) is 5.69 Å². The lowest BCUT2D eigenvalue weighted by atomic mass is 9.93. The predicted octanol–water partition coefficient (Wildman–Crippen LogP) is 2.18. The van der Waals surface area contributed by atoms with E-state index in [0.29, 0.717) is 0 Å². The molecule has 2 atom stereocenters. The Morgan fingerprint density at radius 1 is 1.45 bits per heavy atom. The summed E-state index contributed by atoms with van der Waals surface area (Å²) in [5, 5.41) is 13.2. The fourth-order valence-corrected chi connectivity index (χ4v) is 3.29. The van der Waals surface area contributed by atoms with Crippen molar-refractivity contribution >= 4 is 11.6 Å². The second-order valence-corrected chi connectivity index (χ2v) is 6.30. The number of nitrogens with one attached hydrogen (secondary N) is 1. The van der Waals surface area contributed by atoms with E-state index < -0.39 is 6.10 Å². The molecule has 0 aromatic heterocycles. The summed E-state index contributed by atoms with van der Waals surface area (Å²) in [6.07, 6.45) is 7.27. The largest absolute Gasteiger partial charge is 0.387 e. The fraction of sp³-hybridized carbons (Fsp3) is 0.500. The highest BCUT2D eigenvalue weighted by atomic mass is 16.3. The van der Waals surface area contributed by atoms with E-state index in [2.05, 4.69) is 41.5 Å². The molecule has 0 saturated carbocycles. The quantitative estimate of drug-likeness (QED) is 0.838. The molecule has 0 spiro atoms. The lowest BCUT2D eigenvalue weighted by molar-refractivity contribution is -0.125. The highest BCUT2D eigenvalue weighted by Gasteiger charge is 2.21. The molecule has 0 saturated heterocycles. The summed E-state index contributed by atoms with van der Waals surface area (Å²) in [7, 11) is 2.08. The number of aliphatic hydroxyl groups is 1. The zero-order chi connectivity index (χ0) is 15.5. The topological polar surface area (TPSA) is 52.6 Å². The number of benzene rings is 1. The van der Waals surface area contributed by atoms with E-state index in [1.165, 1.54) is 11.3 Å². The van der Waals surface area contributed by atoms with Crippen molar-refractivity contribution in [3.05, 3.63) is 41.5 Å². The Morgan fingerprint density at radius 3 is 3.09 bits per heavy atom. The van der Waals surface area contributed by atoms with Crippen LogP contribution in [0.25, 0.3) is 0 Å². The summed E-state index contributed by atoms with van der Waals surface area (Å²) in [5.41, 5.74) is 3.41. The Hall–Kier alpha value is -1.81. The van der Waals surface area contributed by atoms with Gasteiger partial charge in [-0.2, -0.15) is 0 Å². The normalized spacial score (nSPS) is 21.5. The first kappa shape index (κ1) is 15.1. The third-order valence-corrected chi connectivity index (χ3v) is 4.73. The Kier molecular flexibility index (Phi) is 4.48. The molecule has 1 heterocycles. The minimum Gasteiger partial charge on any atom is -0.387 e. The molecule has 118 valence electrons. The van der Waals surface area contributed by atoms with Gasteiger partial charge in [0.25, 0.3) is 0 Å². The number of amides is 1. The maximum absolute atomic E-state index is 12.1. The molecule has 0 fully saturated rings. The van der Waals surface area contributed by atoms with Gasteiger partial charge in [0.15, 0.2) is 0 Å². The summed E-state index contributed by atoms with van der Waals surface area (Å²) in [4.78, 5) is 14.3. The van der Waals surface area contributed by atoms with Crippen LogP contribution >= 0.6 is 0 Å².